The minimum absolute atomic E-state index is 0.103. The van der Waals surface area contributed by atoms with Crippen LogP contribution in [0.15, 0.2) is 75.9 Å². The summed E-state index contributed by atoms with van der Waals surface area (Å²) in [4.78, 5) is 27.1. The standard InChI is InChI=1S/C28H21F3N2O4/c1-14-9-19(15(2)32-22-6-4-3-5-18(22)27(35)36)26-20(10-14)23(34)13-24(37-26)16-7-8-21-17(11-16)12-25(33-21)28(29,30)31/h3-13,15,32-33H,1-2H3,(H,35,36). The van der Waals surface area contributed by atoms with E-state index in [1.54, 1.807) is 30.3 Å². The predicted molar refractivity (Wildman–Crippen MR) is 135 cm³/mol. The van der Waals surface area contributed by atoms with E-state index in [1.807, 2.05) is 19.9 Å². The number of hydrogen-bond donors (Lipinski definition) is 3. The molecule has 2 aromatic heterocycles. The van der Waals surface area contributed by atoms with Crippen LogP contribution in [0.2, 0.25) is 0 Å². The molecule has 9 heteroatoms. The van der Waals surface area contributed by atoms with Gasteiger partial charge in [-0.1, -0.05) is 18.2 Å². The van der Waals surface area contributed by atoms with Gasteiger partial charge in [0.1, 0.15) is 17.0 Å². The van der Waals surface area contributed by atoms with Gasteiger partial charge in [-0.25, -0.2) is 4.79 Å². The van der Waals surface area contributed by atoms with Gasteiger partial charge in [0.25, 0.3) is 0 Å². The number of carbonyl (C=O) groups is 1. The molecule has 1 atom stereocenters. The van der Waals surface area contributed by atoms with Crippen molar-refractivity contribution in [1.29, 1.82) is 0 Å². The Labute approximate surface area is 208 Å². The molecule has 37 heavy (non-hydrogen) atoms. The molecule has 0 aliphatic heterocycles. The van der Waals surface area contributed by atoms with Crippen LogP contribution in [0.4, 0.5) is 18.9 Å². The number of aromatic amines is 1. The summed E-state index contributed by atoms with van der Waals surface area (Å²) >= 11 is 0. The van der Waals surface area contributed by atoms with Crippen molar-refractivity contribution in [3.05, 3.63) is 99.3 Å². The van der Waals surface area contributed by atoms with Crippen molar-refractivity contribution < 1.29 is 27.5 Å². The van der Waals surface area contributed by atoms with Gasteiger partial charge < -0.3 is 19.8 Å². The zero-order valence-electron chi connectivity index (χ0n) is 19.7. The number of fused-ring (bicyclic) bond motifs is 2. The molecule has 5 aromatic rings. The highest BCUT2D eigenvalue weighted by Gasteiger charge is 2.32. The number of rotatable bonds is 5. The molecular weight excluding hydrogens is 485 g/mol. The SMILES string of the molecule is Cc1cc(C(C)Nc2ccccc2C(=O)O)c2oc(-c3ccc4[nH]c(C(F)(F)F)cc4c3)cc(=O)c2c1. The van der Waals surface area contributed by atoms with Gasteiger partial charge in [0.2, 0.25) is 0 Å². The third-order valence-corrected chi connectivity index (χ3v) is 6.21. The van der Waals surface area contributed by atoms with E-state index in [-0.39, 0.29) is 16.8 Å². The summed E-state index contributed by atoms with van der Waals surface area (Å²) < 4.78 is 45.6. The second-order valence-electron chi connectivity index (χ2n) is 8.91. The van der Waals surface area contributed by atoms with Gasteiger partial charge in [-0.15, -0.1) is 0 Å². The Morgan fingerprint density at radius 1 is 1.05 bits per heavy atom. The molecule has 0 fully saturated rings. The normalized spacial score (nSPS) is 12.7. The molecule has 0 radical (unpaired) electrons. The minimum atomic E-state index is -4.51. The fraction of sp³-hybridized carbons (Fsp3) is 0.143. The van der Waals surface area contributed by atoms with Gasteiger partial charge in [0, 0.05) is 33.8 Å². The molecule has 1 unspecified atom stereocenters. The first-order valence-electron chi connectivity index (χ1n) is 11.4. The van der Waals surface area contributed by atoms with Gasteiger partial charge in [-0.3, -0.25) is 4.79 Å². The molecule has 0 amide bonds. The highest BCUT2D eigenvalue weighted by molar-refractivity contribution is 5.94. The number of alkyl halides is 3. The molecule has 0 aliphatic rings. The van der Waals surface area contributed by atoms with Gasteiger partial charge in [0.15, 0.2) is 5.43 Å². The van der Waals surface area contributed by atoms with Gasteiger partial charge in [0.05, 0.1) is 17.0 Å². The number of anilines is 1. The quantitative estimate of drug-likeness (QED) is 0.236. The van der Waals surface area contributed by atoms with Crippen LogP contribution >= 0.6 is 0 Å². The largest absolute Gasteiger partial charge is 0.478 e. The summed E-state index contributed by atoms with van der Waals surface area (Å²) in [6.07, 6.45) is -4.51. The van der Waals surface area contributed by atoms with Crippen LogP contribution in [-0.4, -0.2) is 16.1 Å². The van der Waals surface area contributed by atoms with E-state index in [4.69, 9.17) is 4.42 Å². The number of carboxylic acid groups (broad SMARTS) is 1. The second kappa shape index (κ2) is 8.85. The Hall–Kier alpha value is -4.53. The topological polar surface area (TPSA) is 95.3 Å². The molecule has 3 aromatic carbocycles. The van der Waals surface area contributed by atoms with Crippen LogP contribution in [0.5, 0.6) is 0 Å². The van der Waals surface area contributed by atoms with Crippen molar-refractivity contribution in [2.75, 3.05) is 5.32 Å². The maximum absolute atomic E-state index is 13.1. The number of nitrogens with one attached hydrogen (secondary N) is 2. The Morgan fingerprint density at radius 3 is 2.54 bits per heavy atom. The number of carboxylic acids is 1. The molecule has 0 saturated carbocycles. The number of benzene rings is 3. The Bertz CT molecular complexity index is 1730. The average Bonchev–Trinajstić information content (AvgIpc) is 3.28. The first kappa shape index (κ1) is 24.2. The number of aromatic nitrogens is 1. The van der Waals surface area contributed by atoms with Crippen molar-refractivity contribution in [3.63, 3.8) is 0 Å². The number of aryl methyl sites for hydroxylation is 1. The van der Waals surface area contributed by atoms with E-state index >= 15 is 0 Å². The third-order valence-electron chi connectivity index (χ3n) is 6.21. The molecule has 0 saturated heterocycles. The number of para-hydroxylation sites is 1. The van der Waals surface area contributed by atoms with E-state index in [2.05, 4.69) is 10.3 Å². The van der Waals surface area contributed by atoms with Crippen molar-refractivity contribution in [3.8, 4) is 11.3 Å². The first-order valence-corrected chi connectivity index (χ1v) is 11.4. The zero-order valence-corrected chi connectivity index (χ0v) is 19.7. The summed E-state index contributed by atoms with van der Waals surface area (Å²) in [5, 5.41) is 13.4. The van der Waals surface area contributed by atoms with Gasteiger partial charge in [-0.2, -0.15) is 13.2 Å². The number of hydrogen-bond acceptors (Lipinski definition) is 4. The van der Waals surface area contributed by atoms with Crippen molar-refractivity contribution in [1.82, 2.24) is 4.98 Å². The van der Waals surface area contributed by atoms with Crippen LogP contribution in [0.25, 0.3) is 33.2 Å². The lowest BCUT2D eigenvalue weighted by atomic mass is 10.00. The number of H-pyrrole nitrogens is 1. The van der Waals surface area contributed by atoms with Gasteiger partial charge in [-0.05, 0) is 61.9 Å². The maximum atomic E-state index is 13.1. The lowest BCUT2D eigenvalue weighted by Crippen LogP contribution is -2.12. The van der Waals surface area contributed by atoms with E-state index in [0.717, 1.165) is 11.6 Å². The number of aromatic carboxylic acids is 1. The highest BCUT2D eigenvalue weighted by atomic mass is 19.4. The van der Waals surface area contributed by atoms with E-state index in [0.29, 0.717) is 38.7 Å². The average molecular weight is 506 g/mol. The summed E-state index contributed by atoms with van der Waals surface area (Å²) in [5.74, 6) is -0.871. The molecule has 2 heterocycles. The van der Waals surface area contributed by atoms with E-state index in [1.165, 1.54) is 24.3 Å². The molecule has 0 bridgehead atoms. The lowest BCUT2D eigenvalue weighted by molar-refractivity contribution is -0.140. The first-order chi connectivity index (χ1) is 17.5. The summed E-state index contributed by atoms with van der Waals surface area (Å²) in [6, 6.07) is 16.6. The maximum Gasteiger partial charge on any atom is 0.431 e. The van der Waals surface area contributed by atoms with Crippen LogP contribution in [0.1, 0.15) is 40.1 Å². The van der Waals surface area contributed by atoms with Gasteiger partial charge >= 0.3 is 12.1 Å². The molecule has 0 aliphatic carbocycles. The van der Waals surface area contributed by atoms with Crippen LogP contribution in [-0.2, 0) is 6.18 Å². The fourth-order valence-corrected chi connectivity index (χ4v) is 4.44. The number of halogens is 3. The van der Waals surface area contributed by atoms with Crippen molar-refractivity contribution in [2.24, 2.45) is 0 Å². The van der Waals surface area contributed by atoms with Crippen molar-refractivity contribution >= 4 is 33.5 Å². The summed E-state index contributed by atoms with van der Waals surface area (Å²) in [6.45, 7) is 3.66. The molecule has 5 rings (SSSR count). The van der Waals surface area contributed by atoms with Crippen LogP contribution in [0.3, 0.4) is 0 Å². The molecular formula is C28H21F3N2O4. The zero-order chi connectivity index (χ0) is 26.5. The van der Waals surface area contributed by atoms with E-state index < -0.39 is 23.9 Å². The minimum Gasteiger partial charge on any atom is -0.478 e. The second-order valence-corrected chi connectivity index (χ2v) is 8.91. The summed E-state index contributed by atoms with van der Waals surface area (Å²) in [7, 11) is 0. The monoisotopic (exact) mass is 506 g/mol. The van der Waals surface area contributed by atoms with Crippen LogP contribution in [0, 0.1) is 6.92 Å². The predicted octanol–water partition coefficient (Wildman–Crippen LogP) is 7.14. The van der Waals surface area contributed by atoms with Crippen LogP contribution < -0.4 is 10.7 Å². The Morgan fingerprint density at radius 2 is 1.81 bits per heavy atom. The lowest BCUT2D eigenvalue weighted by Gasteiger charge is -2.19. The summed E-state index contributed by atoms with van der Waals surface area (Å²) in [5.41, 5.74) is 1.87. The van der Waals surface area contributed by atoms with Crippen molar-refractivity contribution in [2.45, 2.75) is 26.1 Å². The Balaban J connectivity index is 1.62. The highest BCUT2D eigenvalue weighted by Crippen LogP contribution is 2.34. The molecule has 188 valence electrons. The fourth-order valence-electron chi connectivity index (χ4n) is 4.44. The van der Waals surface area contributed by atoms with E-state index in [9.17, 15) is 27.9 Å². The third kappa shape index (κ3) is 4.55. The molecule has 6 nitrogen and oxygen atoms in total. The molecule has 0 spiro atoms. The Kier molecular flexibility index (Phi) is 5.78. The molecule has 3 N–H and O–H groups in total. The smallest absolute Gasteiger partial charge is 0.431 e.